The predicted octanol–water partition coefficient (Wildman–Crippen LogP) is 1.22. The number of nitrogens with zero attached hydrogens (tertiary/aromatic N) is 2. The van der Waals surface area contributed by atoms with Gasteiger partial charge >= 0.3 is 0 Å². The number of aliphatic imine (C=N–C) groups is 1. The highest BCUT2D eigenvalue weighted by molar-refractivity contribution is 5.96. The van der Waals surface area contributed by atoms with Crippen LogP contribution in [0.1, 0.15) is 55.5 Å². The van der Waals surface area contributed by atoms with E-state index in [1.54, 1.807) is 12.1 Å². The first kappa shape index (κ1) is 23.7. The number of likely N-dealkylation sites (tertiary alicyclic amines) is 1. The fraction of sp³-hybridized carbons (Fsp3) is 0.591. The molecule has 8 nitrogen and oxygen atoms in total. The van der Waals surface area contributed by atoms with Gasteiger partial charge in [0.1, 0.15) is 0 Å². The van der Waals surface area contributed by atoms with E-state index in [0.29, 0.717) is 18.2 Å². The number of rotatable bonds is 10. The van der Waals surface area contributed by atoms with Gasteiger partial charge in [-0.25, -0.2) is 4.99 Å². The summed E-state index contributed by atoms with van der Waals surface area (Å²) < 4.78 is 0. The minimum atomic E-state index is -0.566. The average molecular weight is 417 g/mol. The highest BCUT2D eigenvalue weighted by atomic mass is 16.2. The summed E-state index contributed by atoms with van der Waals surface area (Å²) in [5.41, 5.74) is 6.53. The summed E-state index contributed by atoms with van der Waals surface area (Å²) in [5.74, 6) is -0.0856. The van der Waals surface area contributed by atoms with Crippen molar-refractivity contribution in [2.45, 2.75) is 52.1 Å². The number of carbonyl (C=O) groups is 2. The van der Waals surface area contributed by atoms with E-state index in [9.17, 15) is 9.59 Å². The molecule has 5 N–H and O–H groups in total. The van der Waals surface area contributed by atoms with Crippen molar-refractivity contribution in [3.05, 3.63) is 35.4 Å². The number of guanidine groups is 1. The van der Waals surface area contributed by atoms with Crippen molar-refractivity contribution < 1.29 is 9.59 Å². The lowest BCUT2D eigenvalue weighted by molar-refractivity contribution is -0.117. The van der Waals surface area contributed by atoms with Crippen molar-refractivity contribution in [2.24, 2.45) is 10.7 Å². The van der Waals surface area contributed by atoms with Gasteiger partial charge in [-0.2, -0.15) is 0 Å². The van der Waals surface area contributed by atoms with Crippen LogP contribution in [0, 0.1) is 0 Å². The Morgan fingerprint density at radius 3 is 2.60 bits per heavy atom. The Morgan fingerprint density at radius 2 is 1.93 bits per heavy atom. The Labute approximate surface area is 179 Å². The highest BCUT2D eigenvalue weighted by Crippen LogP contribution is 2.16. The van der Waals surface area contributed by atoms with Crippen LogP contribution in [0.5, 0.6) is 0 Å². The van der Waals surface area contributed by atoms with Gasteiger partial charge < -0.3 is 26.6 Å². The van der Waals surface area contributed by atoms with Crippen LogP contribution in [0.25, 0.3) is 0 Å². The van der Waals surface area contributed by atoms with Crippen molar-refractivity contribution in [3.8, 4) is 0 Å². The van der Waals surface area contributed by atoms with E-state index in [4.69, 9.17) is 5.73 Å². The molecule has 0 aliphatic carbocycles. The Kier molecular flexibility index (Phi) is 10.1. The Morgan fingerprint density at radius 1 is 1.17 bits per heavy atom. The second-order valence-corrected chi connectivity index (χ2v) is 7.70. The third kappa shape index (κ3) is 8.41. The number of amides is 2. The summed E-state index contributed by atoms with van der Waals surface area (Å²) >= 11 is 0. The lowest BCUT2D eigenvalue weighted by Crippen LogP contribution is -2.41. The molecule has 1 atom stereocenters. The van der Waals surface area contributed by atoms with Crippen LogP contribution < -0.4 is 21.7 Å². The van der Waals surface area contributed by atoms with E-state index in [-0.39, 0.29) is 12.5 Å². The highest BCUT2D eigenvalue weighted by Gasteiger charge is 2.17. The van der Waals surface area contributed by atoms with Crippen LogP contribution in [-0.2, 0) is 11.3 Å². The first-order valence-corrected chi connectivity index (χ1v) is 10.9. The molecule has 2 amide bonds. The zero-order valence-electron chi connectivity index (χ0n) is 18.2. The molecule has 2 rings (SSSR count). The van der Waals surface area contributed by atoms with E-state index in [0.717, 1.165) is 37.6 Å². The molecular formula is C22H36N6O2. The van der Waals surface area contributed by atoms with Crippen molar-refractivity contribution in [1.82, 2.24) is 20.9 Å². The minimum absolute atomic E-state index is 0.167. The van der Waals surface area contributed by atoms with Gasteiger partial charge in [0.2, 0.25) is 5.91 Å². The second kappa shape index (κ2) is 12.8. The van der Waals surface area contributed by atoms with Crippen LogP contribution in [0.15, 0.2) is 29.3 Å². The molecular weight excluding hydrogens is 380 g/mol. The number of piperidine rings is 1. The molecule has 30 heavy (non-hydrogen) atoms. The molecule has 0 saturated carbocycles. The fourth-order valence-corrected chi connectivity index (χ4v) is 3.52. The lowest BCUT2D eigenvalue weighted by atomic mass is 10.0. The molecule has 0 aromatic heterocycles. The molecule has 1 unspecified atom stereocenters. The van der Waals surface area contributed by atoms with E-state index in [2.05, 4.69) is 32.8 Å². The smallest absolute Gasteiger partial charge is 0.251 e. The van der Waals surface area contributed by atoms with Crippen LogP contribution in [0.3, 0.4) is 0 Å². The van der Waals surface area contributed by atoms with Gasteiger partial charge in [0.25, 0.3) is 5.91 Å². The van der Waals surface area contributed by atoms with Gasteiger partial charge in [-0.05, 0) is 57.4 Å². The van der Waals surface area contributed by atoms with Crippen molar-refractivity contribution in [2.75, 3.05) is 32.7 Å². The maximum Gasteiger partial charge on any atom is 0.251 e. The van der Waals surface area contributed by atoms with E-state index in [1.165, 1.54) is 25.8 Å². The van der Waals surface area contributed by atoms with Gasteiger partial charge in [0, 0.05) is 31.2 Å². The third-order valence-electron chi connectivity index (χ3n) is 5.26. The Hall–Kier alpha value is -2.61. The van der Waals surface area contributed by atoms with Crippen molar-refractivity contribution in [1.29, 1.82) is 0 Å². The molecule has 1 aliphatic rings. The number of carbonyl (C=O) groups excluding carboxylic acids is 2. The molecule has 0 bridgehead atoms. The number of nitrogens with two attached hydrogens (primary N) is 1. The van der Waals surface area contributed by atoms with Gasteiger partial charge in [-0.1, -0.05) is 18.6 Å². The molecule has 1 aromatic rings. The second-order valence-electron chi connectivity index (χ2n) is 7.70. The van der Waals surface area contributed by atoms with Crippen LogP contribution >= 0.6 is 0 Å². The fourth-order valence-electron chi connectivity index (χ4n) is 3.52. The topological polar surface area (TPSA) is 112 Å². The zero-order chi connectivity index (χ0) is 21.8. The molecule has 8 heteroatoms. The summed E-state index contributed by atoms with van der Waals surface area (Å²) in [5, 5.41) is 9.16. The SMILES string of the molecule is CCNC(=NCc1ccc(C(=O)NCC(N)=O)cc1)NCCCN1CCCCC1C. The summed E-state index contributed by atoms with van der Waals surface area (Å²) in [7, 11) is 0. The van der Waals surface area contributed by atoms with Gasteiger partial charge in [-0.15, -0.1) is 0 Å². The number of benzene rings is 1. The first-order valence-electron chi connectivity index (χ1n) is 10.9. The van der Waals surface area contributed by atoms with Crippen molar-refractivity contribution in [3.63, 3.8) is 0 Å². The number of hydrogen-bond acceptors (Lipinski definition) is 4. The zero-order valence-corrected chi connectivity index (χ0v) is 18.2. The van der Waals surface area contributed by atoms with Crippen LogP contribution in [0.2, 0.25) is 0 Å². The van der Waals surface area contributed by atoms with E-state index >= 15 is 0 Å². The summed E-state index contributed by atoms with van der Waals surface area (Å²) in [6, 6.07) is 7.87. The Balaban J connectivity index is 1.78. The largest absolute Gasteiger partial charge is 0.368 e. The molecule has 1 saturated heterocycles. The molecule has 1 heterocycles. The third-order valence-corrected chi connectivity index (χ3v) is 5.26. The maximum absolute atomic E-state index is 11.9. The molecule has 166 valence electrons. The molecule has 1 aromatic carbocycles. The quantitative estimate of drug-likeness (QED) is 0.260. The Bertz CT molecular complexity index is 704. The predicted molar refractivity (Wildman–Crippen MR) is 120 cm³/mol. The number of primary amides is 1. The van der Waals surface area contributed by atoms with E-state index in [1.807, 2.05) is 19.1 Å². The summed E-state index contributed by atoms with van der Waals surface area (Å²) in [6.45, 7) is 8.73. The number of nitrogens with one attached hydrogen (secondary N) is 3. The summed E-state index contributed by atoms with van der Waals surface area (Å²) in [6.07, 6.45) is 5.06. The average Bonchev–Trinajstić information content (AvgIpc) is 2.74. The molecule has 0 spiro atoms. The van der Waals surface area contributed by atoms with Gasteiger partial charge in [-0.3, -0.25) is 9.59 Å². The monoisotopic (exact) mass is 416 g/mol. The van der Waals surface area contributed by atoms with Crippen LogP contribution in [0.4, 0.5) is 0 Å². The normalized spacial score (nSPS) is 17.4. The molecule has 1 fully saturated rings. The van der Waals surface area contributed by atoms with Gasteiger partial charge in [0.15, 0.2) is 5.96 Å². The number of hydrogen-bond donors (Lipinski definition) is 4. The summed E-state index contributed by atoms with van der Waals surface area (Å²) in [4.78, 5) is 29.9. The minimum Gasteiger partial charge on any atom is -0.368 e. The van der Waals surface area contributed by atoms with Gasteiger partial charge in [0.05, 0.1) is 13.1 Å². The molecule has 1 aliphatic heterocycles. The first-order chi connectivity index (χ1) is 14.5. The van der Waals surface area contributed by atoms with Crippen molar-refractivity contribution >= 4 is 17.8 Å². The molecule has 0 radical (unpaired) electrons. The van der Waals surface area contributed by atoms with E-state index < -0.39 is 5.91 Å². The maximum atomic E-state index is 11.9. The lowest BCUT2D eigenvalue weighted by Gasteiger charge is -2.33. The van der Waals surface area contributed by atoms with Crippen LogP contribution in [-0.4, -0.2) is 61.4 Å². The standard InChI is InChI=1S/C22H36N6O2/c1-3-24-22(25-12-6-14-28-13-5-4-7-17(28)2)27-15-18-8-10-19(11-9-18)21(30)26-16-20(23)29/h8-11,17H,3-7,12-16H2,1-2H3,(H2,23,29)(H,26,30)(H2,24,25,27).